The van der Waals surface area contributed by atoms with Crippen LogP contribution in [0, 0.1) is 13.8 Å². The van der Waals surface area contributed by atoms with Crippen LogP contribution in [-0.4, -0.2) is 43.7 Å². The van der Waals surface area contributed by atoms with E-state index in [0.29, 0.717) is 22.6 Å². The van der Waals surface area contributed by atoms with Crippen molar-refractivity contribution in [1.82, 2.24) is 14.5 Å². The molecule has 0 aliphatic carbocycles. The highest BCUT2D eigenvalue weighted by molar-refractivity contribution is 7.89. The number of rotatable bonds is 5. The number of carbonyl (C=O) groups is 2. The summed E-state index contributed by atoms with van der Waals surface area (Å²) in [6.07, 6.45) is 0. The van der Waals surface area contributed by atoms with E-state index >= 15 is 0 Å². The maximum absolute atomic E-state index is 13.1. The van der Waals surface area contributed by atoms with Crippen LogP contribution in [0.15, 0.2) is 39.6 Å². The normalized spacial score (nSPS) is 20.1. The first-order valence-electron chi connectivity index (χ1n) is 8.70. The molecule has 1 atom stereocenters. The number of sulfonamides is 1. The summed E-state index contributed by atoms with van der Waals surface area (Å²) in [5, 5.41) is 2.73. The zero-order valence-corrected chi connectivity index (χ0v) is 17.3. The van der Waals surface area contributed by atoms with Crippen LogP contribution in [0.25, 0.3) is 0 Å². The summed E-state index contributed by atoms with van der Waals surface area (Å²) < 4.78 is 31.3. The van der Waals surface area contributed by atoms with Crippen molar-refractivity contribution in [2.24, 2.45) is 0 Å². The van der Waals surface area contributed by atoms with Gasteiger partial charge < -0.3 is 9.73 Å². The van der Waals surface area contributed by atoms with Crippen molar-refractivity contribution in [2.75, 3.05) is 14.1 Å². The summed E-state index contributed by atoms with van der Waals surface area (Å²) in [5.41, 5.74) is -0.0859. The third kappa shape index (κ3) is 3.20. The molecule has 1 aromatic carbocycles. The average Bonchev–Trinajstić information content (AvgIpc) is 3.07. The zero-order valence-electron chi connectivity index (χ0n) is 16.4. The van der Waals surface area contributed by atoms with E-state index in [2.05, 4.69) is 5.32 Å². The second-order valence-electron chi connectivity index (χ2n) is 7.21. The minimum Gasteiger partial charge on any atom is -0.466 e. The molecule has 0 radical (unpaired) electrons. The third-order valence-electron chi connectivity index (χ3n) is 4.87. The third-order valence-corrected chi connectivity index (χ3v) is 6.68. The molecule has 9 heteroatoms. The lowest BCUT2D eigenvalue weighted by Gasteiger charge is -2.21. The summed E-state index contributed by atoms with van der Waals surface area (Å²) in [6, 6.07) is 7.42. The maximum atomic E-state index is 13.1. The molecule has 0 saturated carbocycles. The topological polar surface area (TPSA) is 99.9 Å². The van der Waals surface area contributed by atoms with Gasteiger partial charge in [-0.25, -0.2) is 17.5 Å². The maximum Gasteiger partial charge on any atom is 0.325 e. The first-order chi connectivity index (χ1) is 13.0. The summed E-state index contributed by atoms with van der Waals surface area (Å²) in [4.78, 5) is 26.8. The molecule has 8 nitrogen and oxygen atoms in total. The van der Waals surface area contributed by atoms with Gasteiger partial charge in [-0.2, -0.15) is 0 Å². The number of hydrogen-bond acceptors (Lipinski definition) is 5. The molecule has 0 spiro atoms. The van der Waals surface area contributed by atoms with E-state index < -0.39 is 27.5 Å². The number of hydrogen-bond donors (Lipinski definition) is 1. The molecule has 0 bridgehead atoms. The highest BCUT2D eigenvalue weighted by atomic mass is 32.2. The Kier molecular flexibility index (Phi) is 4.84. The molecule has 1 unspecified atom stereocenters. The Bertz CT molecular complexity index is 1060. The van der Waals surface area contributed by atoms with Gasteiger partial charge in [0, 0.05) is 19.7 Å². The lowest BCUT2D eigenvalue weighted by atomic mass is 9.92. The number of carbonyl (C=O) groups excluding carboxylic acids is 2. The largest absolute Gasteiger partial charge is 0.466 e. The molecule has 1 aliphatic heterocycles. The van der Waals surface area contributed by atoms with E-state index in [0.717, 1.165) is 9.21 Å². The molecule has 2 heterocycles. The van der Waals surface area contributed by atoms with Crippen molar-refractivity contribution in [2.45, 2.75) is 37.8 Å². The average molecular weight is 405 g/mol. The number of imide groups is 1. The summed E-state index contributed by atoms with van der Waals surface area (Å²) in [7, 11) is -0.723. The molecule has 1 aliphatic rings. The van der Waals surface area contributed by atoms with E-state index in [1.165, 1.54) is 26.2 Å². The minimum absolute atomic E-state index is 0.0348. The van der Waals surface area contributed by atoms with Gasteiger partial charge in [-0.3, -0.25) is 9.69 Å². The summed E-state index contributed by atoms with van der Waals surface area (Å²) >= 11 is 0. The molecule has 1 aromatic heterocycles. The Morgan fingerprint density at radius 1 is 1.18 bits per heavy atom. The lowest BCUT2D eigenvalue weighted by Crippen LogP contribution is -2.41. The first kappa shape index (κ1) is 20.1. The zero-order chi connectivity index (χ0) is 20.9. The van der Waals surface area contributed by atoms with Crippen LogP contribution < -0.4 is 5.32 Å². The number of aryl methyl sites for hydroxylation is 2. The Hall–Kier alpha value is -2.65. The molecule has 2 aromatic rings. The quantitative estimate of drug-likeness (QED) is 0.768. The van der Waals surface area contributed by atoms with Gasteiger partial charge in [0.2, 0.25) is 10.0 Å². The first-order valence-corrected chi connectivity index (χ1v) is 10.1. The molecular weight excluding hydrogens is 382 g/mol. The van der Waals surface area contributed by atoms with Crippen LogP contribution in [0.5, 0.6) is 0 Å². The van der Waals surface area contributed by atoms with Gasteiger partial charge in [-0.15, -0.1) is 0 Å². The van der Waals surface area contributed by atoms with Gasteiger partial charge >= 0.3 is 6.03 Å². The van der Waals surface area contributed by atoms with Gasteiger partial charge in [0.15, 0.2) is 0 Å². The second-order valence-corrected chi connectivity index (χ2v) is 9.36. The van der Waals surface area contributed by atoms with Crippen LogP contribution in [0.2, 0.25) is 0 Å². The van der Waals surface area contributed by atoms with Crippen molar-refractivity contribution >= 4 is 22.0 Å². The predicted molar refractivity (Wildman–Crippen MR) is 102 cm³/mol. The van der Waals surface area contributed by atoms with E-state index in [4.69, 9.17) is 4.42 Å². The number of furan rings is 1. The van der Waals surface area contributed by atoms with E-state index in [1.54, 1.807) is 39.0 Å². The van der Waals surface area contributed by atoms with Crippen molar-refractivity contribution in [3.8, 4) is 0 Å². The number of urea groups is 1. The smallest absolute Gasteiger partial charge is 0.325 e. The van der Waals surface area contributed by atoms with Gasteiger partial charge in [-0.05, 0) is 44.5 Å². The fourth-order valence-corrected chi connectivity index (χ4v) is 4.32. The van der Waals surface area contributed by atoms with Gasteiger partial charge in [0.25, 0.3) is 5.91 Å². The molecule has 1 saturated heterocycles. The Morgan fingerprint density at radius 2 is 1.86 bits per heavy atom. The number of nitrogens with one attached hydrogen (secondary N) is 1. The number of amides is 3. The van der Waals surface area contributed by atoms with Crippen molar-refractivity contribution in [1.29, 1.82) is 0 Å². The van der Waals surface area contributed by atoms with Crippen LogP contribution in [0.1, 0.15) is 29.6 Å². The van der Waals surface area contributed by atoms with Crippen molar-refractivity contribution < 1.29 is 22.4 Å². The molecule has 150 valence electrons. The molecule has 3 rings (SSSR count). The second kappa shape index (κ2) is 6.75. The molecule has 28 heavy (non-hydrogen) atoms. The highest BCUT2D eigenvalue weighted by Gasteiger charge is 2.50. The number of nitrogens with zero attached hydrogens (tertiary/aromatic N) is 2. The Labute approximate surface area is 164 Å². The number of benzene rings is 1. The van der Waals surface area contributed by atoms with Gasteiger partial charge in [0.05, 0.1) is 11.4 Å². The summed E-state index contributed by atoms with van der Waals surface area (Å²) in [6.45, 7) is 5.12. The molecule has 3 amide bonds. The summed E-state index contributed by atoms with van der Waals surface area (Å²) in [5.74, 6) is 0.799. The molecular formula is C19H23N3O5S. The van der Waals surface area contributed by atoms with Crippen LogP contribution in [-0.2, 0) is 26.9 Å². The van der Waals surface area contributed by atoms with Gasteiger partial charge in [0.1, 0.15) is 17.1 Å². The van der Waals surface area contributed by atoms with E-state index in [1.807, 2.05) is 0 Å². The van der Waals surface area contributed by atoms with Crippen LogP contribution >= 0.6 is 0 Å². The van der Waals surface area contributed by atoms with Crippen LogP contribution in [0.3, 0.4) is 0 Å². The van der Waals surface area contributed by atoms with Crippen molar-refractivity contribution in [3.05, 3.63) is 53.0 Å². The highest BCUT2D eigenvalue weighted by Crippen LogP contribution is 2.33. The fourth-order valence-electron chi connectivity index (χ4n) is 3.35. The standard InChI is InChI=1S/C19H23N3O5S/c1-12-9-16(13(2)27-12)19(3)17(23)22(18(24)20-19)11-14-7-6-8-15(10-14)28(25,26)21(4)5/h6-10H,11H2,1-5H3,(H,20,24). The Morgan fingerprint density at radius 3 is 2.43 bits per heavy atom. The predicted octanol–water partition coefficient (Wildman–Crippen LogP) is 2.11. The monoisotopic (exact) mass is 405 g/mol. The molecule has 1 fully saturated rings. The van der Waals surface area contributed by atoms with E-state index in [-0.39, 0.29) is 11.4 Å². The van der Waals surface area contributed by atoms with Crippen LogP contribution in [0.4, 0.5) is 4.79 Å². The fraction of sp³-hybridized carbons (Fsp3) is 0.368. The SMILES string of the molecule is Cc1cc(C2(C)NC(=O)N(Cc3cccc(S(=O)(=O)N(C)C)c3)C2=O)c(C)o1. The Balaban J connectivity index is 1.91. The minimum atomic E-state index is -3.61. The van der Waals surface area contributed by atoms with Gasteiger partial charge in [-0.1, -0.05) is 12.1 Å². The lowest BCUT2D eigenvalue weighted by molar-refractivity contribution is -0.131. The van der Waals surface area contributed by atoms with E-state index in [9.17, 15) is 18.0 Å². The molecule has 1 N–H and O–H groups in total. The van der Waals surface area contributed by atoms with Crippen molar-refractivity contribution in [3.63, 3.8) is 0 Å².